The van der Waals surface area contributed by atoms with Gasteiger partial charge >= 0.3 is 5.69 Å². The van der Waals surface area contributed by atoms with Crippen molar-refractivity contribution in [3.05, 3.63) is 10.5 Å². The fourth-order valence-corrected chi connectivity index (χ4v) is 2.99. The Balaban J connectivity index is 2.00. The van der Waals surface area contributed by atoms with E-state index in [4.69, 9.17) is 15.2 Å². The van der Waals surface area contributed by atoms with Crippen molar-refractivity contribution in [3.8, 4) is 0 Å². The summed E-state index contributed by atoms with van der Waals surface area (Å²) < 4.78 is 11.0. The topological polar surface area (TPSA) is 137 Å². The molecule has 1 aromatic rings. The molecule has 2 aliphatic heterocycles. The quantitative estimate of drug-likeness (QED) is 0.483. The van der Waals surface area contributed by atoms with Gasteiger partial charge in [0.15, 0.2) is 12.0 Å². The van der Waals surface area contributed by atoms with Gasteiger partial charge in [-0.25, -0.2) is 4.79 Å². The summed E-state index contributed by atoms with van der Waals surface area (Å²) in [5, 5.41) is 19.4. The van der Waals surface area contributed by atoms with Crippen LogP contribution in [0.25, 0.3) is 0 Å². The second kappa shape index (κ2) is 5.39. The van der Waals surface area contributed by atoms with Crippen molar-refractivity contribution in [1.82, 2.24) is 9.97 Å². The number of hydrogen-bond donors (Lipinski definition) is 4. The molecular formula is C12H19N5O5. The zero-order valence-corrected chi connectivity index (χ0v) is 12.3. The fourth-order valence-electron chi connectivity index (χ4n) is 2.99. The van der Waals surface area contributed by atoms with E-state index in [1.807, 2.05) is 4.90 Å². The Morgan fingerprint density at radius 3 is 2.95 bits per heavy atom. The summed E-state index contributed by atoms with van der Waals surface area (Å²) >= 11 is 0. The first-order valence-corrected chi connectivity index (χ1v) is 6.82. The van der Waals surface area contributed by atoms with Gasteiger partial charge in [-0.1, -0.05) is 0 Å². The standard InChI is InChI=1S/C12H19N5O5/c1-16-4-17(10-6(16)9(13)14-12(20)15-10)11-8(21-2)7(19)5(3-18)22-11/h5,7-8,11,18-19H,3-4H2,1-2H3,(H3,13,14,15,20)/t5-,7-,8-,11-/m1/s1. The number of nitrogen functional groups attached to an aromatic ring is 1. The molecule has 0 unspecified atom stereocenters. The van der Waals surface area contributed by atoms with Crippen LogP contribution in [0.5, 0.6) is 0 Å². The minimum absolute atomic E-state index is 0.214. The molecule has 122 valence electrons. The maximum Gasteiger partial charge on any atom is 0.348 e. The van der Waals surface area contributed by atoms with E-state index in [2.05, 4.69) is 9.97 Å². The molecule has 0 aliphatic carbocycles. The van der Waals surface area contributed by atoms with Crippen LogP contribution in [0.3, 0.4) is 0 Å². The van der Waals surface area contributed by atoms with Gasteiger partial charge in [0.25, 0.3) is 0 Å². The number of nitrogens with zero attached hydrogens (tertiary/aromatic N) is 3. The van der Waals surface area contributed by atoms with E-state index in [-0.39, 0.29) is 12.4 Å². The van der Waals surface area contributed by atoms with Crippen molar-refractivity contribution in [2.45, 2.75) is 24.5 Å². The zero-order chi connectivity index (χ0) is 16.0. The lowest BCUT2D eigenvalue weighted by Gasteiger charge is -2.29. The average molecular weight is 313 g/mol. The lowest BCUT2D eigenvalue weighted by molar-refractivity contribution is -0.0226. The molecule has 10 heteroatoms. The minimum Gasteiger partial charge on any atom is -0.394 e. The second-order valence-electron chi connectivity index (χ2n) is 5.38. The highest BCUT2D eigenvalue weighted by atomic mass is 16.6. The van der Waals surface area contributed by atoms with E-state index < -0.39 is 30.2 Å². The fraction of sp³-hybridized carbons (Fsp3) is 0.667. The van der Waals surface area contributed by atoms with Crippen molar-refractivity contribution < 1.29 is 19.7 Å². The molecule has 0 radical (unpaired) electrons. The molecule has 2 aliphatic rings. The highest BCUT2D eigenvalue weighted by Gasteiger charge is 2.49. The SMILES string of the molecule is CO[C@@H]1[C@H](O)[C@@H](CO)O[C@H]1N1CN(C)c2c1nc(=O)[nH]c2N. The number of rotatable bonds is 3. The van der Waals surface area contributed by atoms with E-state index in [1.54, 1.807) is 11.9 Å². The maximum absolute atomic E-state index is 11.6. The van der Waals surface area contributed by atoms with Crippen LogP contribution < -0.4 is 21.2 Å². The van der Waals surface area contributed by atoms with Crippen LogP contribution in [-0.4, -0.2) is 72.2 Å². The Kier molecular flexibility index (Phi) is 3.68. The lowest BCUT2D eigenvalue weighted by atomic mass is 10.1. The Hall–Kier alpha value is -1.88. The molecule has 1 saturated heterocycles. The predicted octanol–water partition coefficient (Wildman–Crippen LogP) is -2.34. The van der Waals surface area contributed by atoms with Gasteiger partial charge in [-0.05, 0) is 0 Å². The van der Waals surface area contributed by atoms with Gasteiger partial charge in [0.2, 0.25) is 0 Å². The number of aliphatic hydroxyl groups excluding tert-OH is 2. The summed E-state index contributed by atoms with van der Waals surface area (Å²) in [6, 6.07) is 0. The number of hydrogen-bond acceptors (Lipinski definition) is 9. The molecule has 1 aromatic heterocycles. The molecule has 22 heavy (non-hydrogen) atoms. The first-order valence-electron chi connectivity index (χ1n) is 6.82. The summed E-state index contributed by atoms with van der Waals surface area (Å²) in [5.41, 5.74) is 5.86. The van der Waals surface area contributed by atoms with Crippen molar-refractivity contribution in [1.29, 1.82) is 0 Å². The summed E-state index contributed by atoms with van der Waals surface area (Å²) in [6.07, 6.45) is -3.11. The predicted molar refractivity (Wildman–Crippen MR) is 77.6 cm³/mol. The van der Waals surface area contributed by atoms with E-state index in [0.29, 0.717) is 18.2 Å². The number of ether oxygens (including phenoxy) is 2. The van der Waals surface area contributed by atoms with Crippen LogP contribution in [0.4, 0.5) is 17.3 Å². The van der Waals surface area contributed by atoms with E-state index in [0.717, 1.165) is 0 Å². The smallest absolute Gasteiger partial charge is 0.348 e. The largest absolute Gasteiger partial charge is 0.394 e. The maximum atomic E-state index is 11.6. The highest BCUT2D eigenvalue weighted by Crippen LogP contribution is 2.39. The lowest BCUT2D eigenvalue weighted by Crippen LogP contribution is -2.46. The van der Waals surface area contributed by atoms with E-state index in [9.17, 15) is 15.0 Å². The van der Waals surface area contributed by atoms with E-state index in [1.165, 1.54) is 7.11 Å². The van der Waals surface area contributed by atoms with Crippen LogP contribution in [0.2, 0.25) is 0 Å². The summed E-state index contributed by atoms with van der Waals surface area (Å²) in [5.74, 6) is 0.577. The van der Waals surface area contributed by atoms with Gasteiger partial charge < -0.3 is 35.2 Å². The number of aliphatic hydroxyl groups is 2. The van der Waals surface area contributed by atoms with Gasteiger partial charge in [-0.2, -0.15) is 4.98 Å². The van der Waals surface area contributed by atoms with Gasteiger partial charge in [-0.3, -0.25) is 4.98 Å². The molecule has 4 atom stereocenters. The molecule has 0 spiro atoms. The van der Waals surface area contributed by atoms with Crippen molar-refractivity contribution >= 4 is 17.3 Å². The highest BCUT2D eigenvalue weighted by molar-refractivity contribution is 5.81. The van der Waals surface area contributed by atoms with Crippen LogP contribution in [-0.2, 0) is 9.47 Å². The van der Waals surface area contributed by atoms with Gasteiger partial charge in [0.1, 0.15) is 29.8 Å². The third-order valence-corrected chi connectivity index (χ3v) is 4.01. The first kappa shape index (κ1) is 15.0. The summed E-state index contributed by atoms with van der Waals surface area (Å²) in [6.45, 7) is 0.0260. The van der Waals surface area contributed by atoms with Crippen LogP contribution >= 0.6 is 0 Å². The summed E-state index contributed by atoms with van der Waals surface area (Å²) in [4.78, 5) is 21.5. The van der Waals surface area contributed by atoms with Gasteiger partial charge in [0, 0.05) is 14.2 Å². The number of nitrogens with one attached hydrogen (secondary N) is 1. The Morgan fingerprint density at radius 2 is 2.32 bits per heavy atom. The molecule has 3 heterocycles. The van der Waals surface area contributed by atoms with Crippen LogP contribution in [0.15, 0.2) is 4.79 Å². The summed E-state index contributed by atoms with van der Waals surface area (Å²) in [7, 11) is 3.25. The molecule has 0 saturated carbocycles. The van der Waals surface area contributed by atoms with Crippen molar-refractivity contribution in [2.24, 2.45) is 0 Å². The zero-order valence-electron chi connectivity index (χ0n) is 12.3. The molecule has 1 fully saturated rings. The molecule has 0 bridgehead atoms. The number of nitrogens with two attached hydrogens (primary N) is 1. The average Bonchev–Trinajstić information content (AvgIpc) is 2.96. The number of aromatic nitrogens is 2. The van der Waals surface area contributed by atoms with Crippen molar-refractivity contribution in [3.63, 3.8) is 0 Å². The van der Waals surface area contributed by atoms with Gasteiger partial charge in [-0.15, -0.1) is 0 Å². The Bertz CT molecular complexity index is 622. The van der Waals surface area contributed by atoms with Crippen LogP contribution in [0, 0.1) is 0 Å². The minimum atomic E-state index is -0.978. The van der Waals surface area contributed by atoms with Crippen LogP contribution in [0.1, 0.15) is 0 Å². The van der Waals surface area contributed by atoms with Gasteiger partial charge in [0.05, 0.1) is 13.3 Å². The molecule has 0 aromatic carbocycles. The van der Waals surface area contributed by atoms with E-state index >= 15 is 0 Å². The number of anilines is 3. The number of fused-ring (bicyclic) bond motifs is 1. The molecule has 5 N–H and O–H groups in total. The Labute approximate surface area is 126 Å². The number of aromatic amines is 1. The monoisotopic (exact) mass is 313 g/mol. The first-order chi connectivity index (χ1) is 10.5. The molecule has 3 rings (SSSR count). The Morgan fingerprint density at radius 1 is 1.59 bits per heavy atom. The van der Waals surface area contributed by atoms with Crippen molar-refractivity contribution in [2.75, 3.05) is 43.0 Å². The number of H-pyrrole nitrogens is 1. The molecule has 0 amide bonds. The third-order valence-electron chi connectivity index (χ3n) is 4.01. The number of methoxy groups -OCH3 is 1. The molecular weight excluding hydrogens is 294 g/mol. The molecule has 10 nitrogen and oxygen atoms in total. The second-order valence-corrected chi connectivity index (χ2v) is 5.38. The normalized spacial score (nSPS) is 30.9. The third kappa shape index (κ3) is 2.11.